The van der Waals surface area contributed by atoms with E-state index in [1.807, 2.05) is 13.0 Å². The molecule has 0 radical (unpaired) electrons. The summed E-state index contributed by atoms with van der Waals surface area (Å²) in [6, 6.07) is 5.74. The lowest BCUT2D eigenvalue weighted by Crippen LogP contribution is -2.05. The second-order valence-corrected chi connectivity index (χ2v) is 3.55. The Morgan fingerprint density at radius 3 is 2.94 bits per heavy atom. The van der Waals surface area contributed by atoms with Crippen molar-refractivity contribution in [3.8, 4) is 18.4 Å². The van der Waals surface area contributed by atoms with Gasteiger partial charge in [0.05, 0.1) is 5.56 Å². The number of terminal acetylenes is 1. The molecule has 0 aromatic carbocycles. The fourth-order valence-corrected chi connectivity index (χ4v) is 1.34. The van der Waals surface area contributed by atoms with Crippen LogP contribution in [0.1, 0.15) is 30.5 Å². The Balaban J connectivity index is 2.50. The molecule has 0 saturated carbocycles. The number of pyridine rings is 1. The van der Waals surface area contributed by atoms with Crippen molar-refractivity contribution in [2.75, 3.05) is 11.9 Å². The van der Waals surface area contributed by atoms with Crippen LogP contribution in [0.2, 0.25) is 0 Å². The van der Waals surface area contributed by atoms with Crippen molar-refractivity contribution in [2.45, 2.75) is 26.2 Å². The second-order valence-electron chi connectivity index (χ2n) is 3.55. The molecule has 0 atom stereocenters. The second kappa shape index (κ2) is 6.48. The van der Waals surface area contributed by atoms with Gasteiger partial charge in [0.1, 0.15) is 11.9 Å². The summed E-state index contributed by atoms with van der Waals surface area (Å²) in [6.07, 6.45) is 7.95. The van der Waals surface area contributed by atoms with Crippen LogP contribution in [0.4, 0.5) is 5.82 Å². The predicted octanol–water partition coefficient (Wildman–Crippen LogP) is 2.48. The zero-order chi connectivity index (χ0) is 11.8. The highest BCUT2D eigenvalue weighted by atomic mass is 15.0. The highest BCUT2D eigenvalue weighted by Gasteiger charge is 2.02. The van der Waals surface area contributed by atoms with Crippen molar-refractivity contribution >= 4 is 5.82 Å². The van der Waals surface area contributed by atoms with E-state index >= 15 is 0 Å². The zero-order valence-corrected chi connectivity index (χ0v) is 9.45. The molecular formula is C13H15N3. The van der Waals surface area contributed by atoms with Crippen molar-refractivity contribution < 1.29 is 0 Å². The van der Waals surface area contributed by atoms with E-state index < -0.39 is 0 Å². The third-order valence-corrected chi connectivity index (χ3v) is 2.20. The molecule has 0 bridgehead atoms. The quantitative estimate of drug-likeness (QED) is 0.603. The number of nitriles is 1. The molecule has 1 N–H and O–H groups in total. The van der Waals surface area contributed by atoms with Crippen LogP contribution in [0, 0.1) is 30.6 Å². The summed E-state index contributed by atoms with van der Waals surface area (Å²) < 4.78 is 0. The molecule has 82 valence electrons. The Labute approximate surface area is 96.5 Å². The van der Waals surface area contributed by atoms with Crippen LogP contribution in [0.15, 0.2) is 12.1 Å². The summed E-state index contributed by atoms with van der Waals surface area (Å²) in [5.41, 5.74) is 1.49. The Bertz CT molecular complexity index is 424. The van der Waals surface area contributed by atoms with E-state index in [0.29, 0.717) is 11.4 Å². The predicted molar refractivity (Wildman–Crippen MR) is 64.9 cm³/mol. The standard InChI is InChI=1S/C13H15N3/c1-3-4-5-6-9-15-13-12(10-14)8-7-11(2)16-13/h1,7-8H,4-6,9H2,2H3,(H,15,16). The monoisotopic (exact) mass is 213 g/mol. The molecule has 1 heterocycles. The molecule has 3 heteroatoms. The third-order valence-electron chi connectivity index (χ3n) is 2.20. The van der Waals surface area contributed by atoms with Gasteiger partial charge < -0.3 is 5.32 Å². The van der Waals surface area contributed by atoms with E-state index in [1.54, 1.807) is 6.07 Å². The first-order valence-electron chi connectivity index (χ1n) is 5.33. The lowest BCUT2D eigenvalue weighted by atomic mass is 10.2. The fourth-order valence-electron chi connectivity index (χ4n) is 1.34. The maximum Gasteiger partial charge on any atom is 0.144 e. The number of unbranched alkanes of at least 4 members (excludes halogenated alkanes) is 2. The number of hydrogen-bond acceptors (Lipinski definition) is 3. The largest absolute Gasteiger partial charge is 0.369 e. The molecule has 3 nitrogen and oxygen atoms in total. The molecule has 0 aliphatic carbocycles. The van der Waals surface area contributed by atoms with Gasteiger partial charge in [0.2, 0.25) is 0 Å². The average molecular weight is 213 g/mol. The maximum atomic E-state index is 8.89. The van der Waals surface area contributed by atoms with Crippen LogP contribution in [-0.2, 0) is 0 Å². The van der Waals surface area contributed by atoms with Crippen molar-refractivity contribution in [3.05, 3.63) is 23.4 Å². The minimum atomic E-state index is 0.586. The summed E-state index contributed by atoms with van der Waals surface area (Å²) in [5.74, 6) is 3.27. The highest BCUT2D eigenvalue weighted by Crippen LogP contribution is 2.12. The van der Waals surface area contributed by atoms with E-state index in [4.69, 9.17) is 11.7 Å². The van der Waals surface area contributed by atoms with Gasteiger partial charge in [-0.1, -0.05) is 0 Å². The topological polar surface area (TPSA) is 48.7 Å². The molecule has 0 aliphatic heterocycles. The molecule has 16 heavy (non-hydrogen) atoms. The first-order chi connectivity index (χ1) is 7.77. The van der Waals surface area contributed by atoms with Crippen molar-refractivity contribution in [2.24, 2.45) is 0 Å². The van der Waals surface area contributed by atoms with Crippen LogP contribution in [-0.4, -0.2) is 11.5 Å². The van der Waals surface area contributed by atoms with Gasteiger partial charge in [-0.2, -0.15) is 5.26 Å². The smallest absolute Gasteiger partial charge is 0.144 e. The van der Waals surface area contributed by atoms with Gasteiger partial charge in [-0.15, -0.1) is 12.3 Å². The minimum absolute atomic E-state index is 0.586. The summed E-state index contributed by atoms with van der Waals surface area (Å²) in [6.45, 7) is 2.71. The van der Waals surface area contributed by atoms with Gasteiger partial charge in [-0.05, 0) is 31.9 Å². The number of anilines is 1. The summed E-state index contributed by atoms with van der Waals surface area (Å²) >= 11 is 0. The van der Waals surface area contributed by atoms with E-state index in [1.165, 1.54) is 0 Å². The summed E-state index contributed by atoms with van der Waals surface area (Å²) in [7, 11) is 0. The van der Waals surface area contributed by atoms with E-state index in [9.17, 15) is 0 Å². The van der Waals surface area contributed by atoms with Crippen LogP contribution < -0.4 is 5.32 Å². The lowest BCUT2D eigenvalue weighted by Gasteiger charge is -2.07. The van der Waals surface area contributed by atoms with E-state index in [2.05, 4.69) is 22.3 Å². The average Bonchev–Trinajstić information content (AvgIpc) is 2.29. The maximum absolute atomic E-state index is 8.89. The van der Waals surface area contributed by atoms with Crippen LogP contribution in [0.25, 0.3) is 0 Å². The first-order valence-corrected chi connectivity index (χ1v) is 5.33. The molecule has 1 aromatic heterocycles. The van der Waals surface area contributed by atoms with Crippen molar-refractivity contribution in [1.29, 1.82) is 5.26 Å². The molecule has 0 saturated heterocycles. The van der Waals surface area contributed by atoms with Crippen molar-refractivity contribution in [1.82, 2.24) is 4.98 Å². The van der Waals surface area contributed by atoms with Crippen LogP contribution in [0.3, 0.4) is 0 Å². The Morgan fingerprint density at radius 1 is 1.44 bits per heavy atom. The molecular weight excluding hydrogens is 198 g/mol. The van der Waals surface area contributed by atoms with Gasteiger partial charge in [0.15, 0.2) is 0 Å². The first kappa shape index (κ1) is 12.1. The van der Waals surface area contributed by atoms with Crippen molar-refractivity contribution in [3.63, 3.8) is 0 Å². The summed E-state index contributed by atoms with van der Waals surface area (Å²) in [4.78, 5) is 4.29. The molecule has 1 rings (SSSR count). The van der Waals surface area contributed by atoms with Gasteiger partial charge >= 0.3 is 0 Å². The Hall–Kier alpha value is -2.00. The molecule has 0 fully saturated rings. The molecule has 1 aromatic rings. The fraction of sp³-hybridized carbons (Fsp3) is 0.385. The third kappa shape index (κ3) is 3.63. The van der Waals surface area contributed by atoms with Crippen LogP contribution in [0.5, 0.6) is 0 Å². The SMILES string of the molecule is C#CCCCCNc1nc(C)ccc1C#N. The minimum Gasteiger partial charge on any atom is -0.369 e. The summed E-state index contributed by atoms with van der Waals surface area (Å²) in [5, 5.41) is 12.1. The molecule has 0 unspecified atom stereocenters. The molecule has 0 amide bonds. The molecule has 0 spiro atoms. The number of nitrogens with zero attached hydrogens (tertiary/aromatic N) is 2. The number of aryl methyl sites for hydroxylation is 1. The number of hydrogen-bond donors (Lipinski definition) is 1. The van der Waals surface area contributed by atoms with Gasteiger partial charge in [0, 0.05) is 18.7 Å². The zero-order valence-electron chi connectivity index (χ0n) is 9.45. The lowest BCUT2D eigenvalue weighted by molar-refractivity contribution is 0.787. The van der Waals surface area contributed by atoms with E-state index in [0.717, 1.165) is 31.5 Å². The Morgan fingerprint density at radius 2 is 2.25 bits per heavy atom. The number of aromatic nitrogens is 1. The molecule has 0 aliphatic rings. The number of nitrogens with one attached hydrogen (secondary N) is 1. The van der Waals surface area contributed by atoms with Gasteiger partial charge in [-0.25, -0.2) is 4.98 Å². The van der Waals surface area contributed by atoms with Crippen LogP contribution >= 0.6 is 0 Å². The number of rotatable bonds is 5. The van der Waals surface area contributed by atoms with Gasteiger partial charge in [-0.3, -0.25) is 0 Å². The normalized spacial score (nSPS) is 9.19. The van der Waals surface area contributed by atoms with E-state index in [-0.39, 0.29) is 0 Å². The highest BCUT2D eigenvalue weighted by molar-refractivity contribution is 5.52. The Kier molecular flexibility index (Phi) is 4.89. The van der Waals surface area contributed by atoms with Gasteiger partial charge in [0.25, 0.3) is 0 Å².